The number of benzene rings is 1. The van der Waals surface area contributed by atoms with Crippen LogP contribution >= 0.6 is 24.0 Å². The molecule has 9 heteroatoms. The highest BCUT2D eigenvalue weighted by Crippen LogP contribution is 2.23. The highest BCUT2D eigenvalue weighted by molar-refractivity contribution is 6.31. The molecular formula is C14H18Cl2N6O. The number of amides is 1. The van der Waals surface area contributed by atoms with Gasteiger partial charge in [-0.1, -0.05) is 11.6 Å². The van der Waals surface area contributed by atoms with Crippen LogP contribution in [0.3, 0.4) is 0 Å². The number of hydrogen-bond donors (Lipinski definition) is 1. The van der Waals surface area contributed by atoms with Gasteiger partial charge in [0.05, 0.1) is 11.3 Å². The number of nitrogens with two attached hydrogens (primary N) is 1. The zero-order valence-corrected chi connectivity index (χ0v) is 14.0. The molecule has 0 saturated carbocycles. The molecule has 1 saturated heterocycles. The molecule has 2 N–H and O–H groups in total. The molecule has 2 aromatic rings. The third-order valence-electron chi connectivity index (χ3n) is 4.02. The molecule has 1 aromatic heterocycles. The predicted octanol–water partition coefficient (Wildman–Crippen LogP) is 1.55. The van der Waals surface area contributed by atoms with Crippen molar-refractivity contribution in [2.45, 2.75) is 12.8 Å². The number of tetrazole rings is 1. The van der Waals surface area contributed by atoms with Crippen molar-refractivity contribution in [1.82, 2.24) is 25.1 Å². The van der Waals surface area contributed by atoms with Gasteiger partial charge in [-0.25, -0.2) is 0 Å². The van der Waals surface area contributed by atoms with E-state index in [0.717, 1.165) is 12.8 Å². The summed E-state index contributed by atoms with van der Waals surface area (Å²) in [5.41, 5.74) is 6.83. The second-order valence-corrected chi connectivity index (χ2v) is 5.82. The van der Waals surface area contributed by atoms with Crippen molar-refractivity contribution in [1.29, 1.82) is 0 Å². The summed E-state index contributed by atoms with van der Waals surface area (Å²) in [6.07, 6.45) is 3.33. The first-order chi connectivity index (χ1) is 10.7. The fourth-order valence-electron chi connectivity index (χ4n) is 2.69. The first-order valence-corrected chi connectivity index (χ1v) is 7.59. The Labute approximate surface area is 145 Å². The van der Waals surface area contributed by atoms with Crippen molar-refractivity contribution in [3.8, 4) is 5.69 Å². The van der Waals surface area contributed by atoms with Gasteiger partial charge in [0.15, 0.2) is 0 Å². The largest absolute Gasteiger partial charge is 0.339 e. The average Bonchev–Trinajstić information content (AvgIpc) is 3.08. The number of likely N-dealkylation sites (tertiary alicyclic amines) is 1. The molecule has 124 valence electrons. The molecule has 23 heavy (non-hydrogen) atoms. The van der Waals surface area contributed by atoms with E-state index in [1.165, 1.54) is 11.0 Å². The van der Waals surface area contributed by atoms with E-state index < -0.39 is 0 Å². The molecule has 0 atom stereocenters. The number of aromatic nitrogens is 4. The molecule has 1 aliphatic rings. The van der Waals surface area contributed by atoms with Gasteiger partial charge >= 0.3 is 0 Å². The van der Waals surface area contributed by atoms with E-state index in [4.69, 9.17) is 17.3 Å². The second kappa shape index (κ2) is 7.72. The molecule has 2 heterocycles. The lowest BCUT2D eigenvalue weighted by molar-refractivity contribution is 0.0693. The Hall–Kier alpha value is -1.70. The predicted molar refractivity (Wildman–Crippen MR) is 89.1 cm³/mol. The zero-order valence-electron chi connectivity index (χ0n) is 12.4. The number of carbonyl (C=O) groups is 1. The molecule has 0 unspecified atom stereocenters. The minimum atomic E-state index is -0.0523. The molecule has 1 aromatic carbocycles. The number of rotatable bonds is 3. The van der Waals surface area contributed by atoms with Gasteiger partial charge in [-0.15, -0.1) is 17.5 Å². The van der Waals surface area contributed by atoms with E-state index in [2.05, 4.69) is 15.5 Å². The van der Waals surface area contributed by atoms with Gasteiger partial charge in [0.25, 0.3) is 5.91 Å². The van der Waals surface area contributed by atoms with Crippen LogP contribution in [0.2, 0.25) is 5.02 Å². The van der Waals surface area contributed by atoms with Gasteiger partial charge < -0.3 is 10.6 Å². The number of halogens is 2. The van der Waals surface area contributed by atoms with E-state index in [-0.39, 0.29) is 18.3 Å². The van der Waals surface area contributed by atoms with Crippen LogP contribution in [0, 0.1) is 5.92 Å². The number of carbonyl (C=O) groups excluding carboxylic acids is 1. The van der Waals surface area contributed by atoms with Crippen LogP contribution in [0.4, 0.5) is 0 Å². The van der Waals surface area contributed by atoms with E-state index in [0.29, 0.717) is 41.8 Å². The Balaban J connectivity index is 0.00000192. The van der Waals surface area contributed by atoms with Crippen LogP contribution in [0.15, 0.2) is 24.5 Å². The van der Waals surface area contributed by atoms with Gasteiger partial charge in [-0.05, 0) is 53.9 Å². The van der Waals surface area contributed by atoms with Gasteiger partial charge in [0, 0.05) is 18.1 Å². The molecule has 0 spiro atoms. The maximum absolute atomic E-state index is 12.8. The monoisotopic (exact) mass is 356 g/mol. The Morgan fingerprint density at radius 3 is 2.70 bits per heavy atom. The Bertz CT molecular complexity index is 655. The lowest BCUT2D eigenvalue weighted by Gasteiger charge is -2.31. The van der Waals surface area contributed by atoms with Crippen molar-refractivity contribution in [3.05, 3.63) is 35.1 Å². The smallest absolute Gasteiger partial charge is 0.256 e. The lowest BCUT2D eigenvalue weighted by Crippen LogP contribution is -2.40. The van der Waals surface area contributed by atoms with Crippen molar-refractivity contribution in [2.24, 2.45) is 11.7 Å². The molecule has 3 rings (SSSR count). The SMILES string of the molecule is Cl.NCC1CCN(C(=O)c2cc(Cl)ccc2-n2cnnn2)CC1. The lowest BCUT2D eigenvalue weighted by atomic mass is 9.96. The van der Waals surface area contributed by atoms with E-state index in [9.17, 15) is 4.79 Å². The van der Waals surface area contributed by atoms with Crippen LogP contribution in [0.25, 0.3) is 5.69 Å². The van der Waals surface area contributed by atoms with Gasteiger partial charge in [0.2, 0.25) is 0 Å². The van der Waals surface area contributed by atoms with Crippen LogP contribution in [-0.4, -0.2) is 50.6 Å². The molecule has 0 aliphatic carbocycles. The maximum Gasteiger partial charge on any atom is 0.256 e. The first-order valence-electron chi connectivity index (χ1n) is 7.21. The minimum absolute atomic E-state index is 0. The third-order valence-corrected chi connectivity index (χ3v) is 4.26. The van der Waals surface area contributed by atoms with E-state index in [1.54, 1.807) is 18.2 Å². The summed E-state index contributed by atoms with van der Waals surface area (Å²) in [4.78, 5) is 14.7. The number of hydrogen-bond acceptors (Lipinski definition) is 5. The fraction of sp³-hybridized carbons (Fsp3) is 0.429. The standard InChI is InChI=1S/C14H17ClN6O.ClH/c15-11-1-2-13(21-9-17-18-19-21)12(7-11)14(22)20-5-3-10(8-16)4-6-20;/h1-2,7,9-10H,3-6,8,16H2;1H. The summed E-state index contributed by atoms with van der Waals surface area (Å²) < 4.78 is 1.47. The number of nitrogens with zero attached hydrogens (tertiary/aromatic N) is 5. The summed E-state index contributed by atoms with van der Waals surface area (Å²) in [5, 5.41) is 11.6. The van der Waals surface area contributed by atoms with Crippen LogP contribution < -0.4 is 5.73 Å². The summed E-state index contributed by atoms with van der Waals surface area (Å²) in [7, 11) is 0. The fourth-order valence-corrected chi connectivity index (χ4v) is 2.87. The topological polar surface area (TPSA) is 89.9 Å². The average molecular weight is 357 g/mol. The highest BCUT2D eigenvalue weighted by atomic mass is 35.5. The van der Waals surface area contributed by atoms with Gasteiger partial charge in [-0.2, -0.15) is 4.68 Å². The summed E-state index contributed by atoms with van der Waals surface area (Å²) in [5.74, 6) is 0.450. The number of piperidine rings is 1. The molecular weight excluding hydrogens is 339 g/mol. The molecule has 1 aliphatic heterocycles. The summed E-state index contributed by atoms with van der Waals surface area (Å²) in [6, 6.07) is 5.13. The van der Waals surface area contributed by atoms with Crippen LogP contribution in [0.1, 0.15) is 23.2 Å². The van der Waals surface area contributed by atoms with Gasteiger partial charge in [-0.3, -0.25) is 4.79 Å². The molecule has 0 bridgehead atoms. The van der Waals surface area contributed by atoms with Crippen molar-refractivity contribution < 1.29 is 4.79 Å². The molecule has 1 amide bonds. The second-order valence-electron chi connectivity index (χ2n) is 5.39. The van der Waals surface area contributed by atoms with Crippen molar-refractivity contribution in [3.63, 3.8) is 0 Å². The highest BCUT2D eigenvalue weighted by Gasteiger charge is 2.25. The zero-order chi connectivity index (χ0) is 15.5. The van der Waals surface area contributed by atoms with Crippen molar-refractivity contribution in [2.75, 3.05) is 19.6 Å². The van der Waals surface area contributed by atoms with E-state index >= 15 is 0 Å². The van der Waals surface area contributed by atoms with Gasteiger partial charge in [0.1, 0.15) is 6.33 Å². The maximum atomic E-state index is 12.8. The Morgan fingerprint density at radius 2 is 2.09 bits per heavy atom. The van der Waals surface area contributed by atoms with Crippen LogP contribution in [0.5, 0.6) is 0 Å². The quantitative estimate of drug-likeness (QED) is 0.900. The molecule has 1 fully saturated rings. The summed E-state index contributed by atoms with van der Waals surface area (Å²) >= 11 is 6.06. The van der Waals surface area contributed by atoms with Crippen molar-refractivity contribution >= 4 is 29.9 Å². The summed E-state index contributed by atoms with van der Waals surface area (Å²) in [6.45, 7) is 2.10. The molecule has 0 radical (unpaired) electrons. The normalized spacial score (nSPS) is 15.3. The third kappa shape index (κ3) is 3.80. The van der Waals surface area contributed by atoms with Crippen LogP contribution in [-0.2, 0) is 0 Å². The first kappa shape index (κ1) is 17.7. The Morgan fingerprint density at radius 1 is 1.35 bits per heavy atom. The minimum Gasteiger partial charge on any atom is -0.339 e. The van der Waals surface area contributed by atoms with E-state index in [1.807, 2.05) is 4.90 Å². The Kier molecular flexibility index (Phi) is 5.92. The molecule has 7 nitrogen and oxygen atoms in total.